The van der Waals surface area contributed by atoms with E-state index in [-0.39, 0.29) is 11.9 Å². The third-order valence-electron chi connectivity index (χ3n) is 4.21. The molecule has 0 spiro atoms. The minimum Gasteiger partial charge on any atom is -0.366 e. The van der Waals surface area contributed by atoms with Crippen molar-refractivity contribution in [1.82, 2.24) is 10.2 Å². The maximum Gasteiger partial charge on any atom is 0.248 e. The zero-order valence-electron chi connectivity index (χ0n) is 12.8. The zero-order valence-corrected chi connectivity index (χ0v) is 12.8. The number of primary amides is 1. The molecule has 1 fully saturated rings. The normalized spacial score (nSPS) is 18.7. The van der Waals surface area contributed by atoms with Crippen LogP contribution in [0.1, 0.15) is 27.5 Å². The van der Waals surface area contributed by atoms with Gasteiger partial charge >= 0.3 is 0 Å². The largest absolute Gasteiger partial charge is 0.366 e. The Kier molecular flexibility index (Phi) is 4.69. The van der Waals surface area contributed by atoms with Gasteiger partial charge in [-0.1, -0.05) is 24.3 Å². The van der Waals surface area contributed by atoms with Crippen LogP contribution in [0.5, 0.6) is 0 Å². The van der Waals surface area contributed by atoms with Crippen LogP contribution in [0.2, 0.25) is 0 Å². The average Bonchev–Trinajstić information content (AvgIpc) is 2.56. The standard InChI is InChI=1S/C18H20FN3O/c19-16-3-1-2-15(10-16)17-11-21-8-9-22(17)12-13-4-6-14(7-5-13)18(20)23/h1-7,10,17,21H,8-9,11-12H2,(H2,20,23). The Morgan fingerprint density at radius 1 is 1.26 bits per heavy atom. The topological polar surface area (TPSA) is 58.4 Å². The van der Waals surface area contributed by atoms with Gasteiger partial charge in [-0.25, -0.2) is 4.39 Å². The fourth-order valence-corrected chi connectivity index (χ4v) is 2.99. The number of halogens is 1. The number of nitrogens with one attached hydrogen (secondary N) is 1. The number of hydrogen-bond acceptors (Lipinski definition) is 3. The average molecular weight is 313 g/mol. The molecule has 5 heteroatoms. The third kappa shape index (κ3) is 3.75. The molecule has 2 aromatic rings. The highest BCUT2D eigenvalue weighted by molar-refractivity contribution is 5.92. The summed E-state index contributed by atoms with van der Waals surface area (Å²) in [5.41, 5.74) is 7.86. The van der Waals surface area contributed by atoms with E-state index in [0.717, 1.165) is 37.3 Å². The van der Waals surface area contributed by atoms with Crippen LogP contribution < -0.4 is 11.1 Å². The molecule has 4 nitrogen and oxygen atoms in total. The smallest absolute Gasteiger partial charge is 0.248 e. The lowest BCUT2D eigenvalue weighted by atomic mass is 10.0. The second-order valence-corrected chi connectivity index (χ2v) is 5.81. The Balaban J connectivity index is 1.77. The van der Waals surface area contributed by atoms with Crippen LogP contribution in [0.4, 0.5) is 4.39 Å². The summed E-state index contributed by atoms with van der Waals surface area (Å²) in [5.74, 6) is -0.629. The van der Waals surface area contributed by atoms with E-state index < -0.39 is 5.91 Å². The lowest BCUT2D eigenvalue weighted by molar-refractivity contribution is 0.1000. The highest BCUT2D eigenvalue weighted by atomic mass is 19.1. The van der Waals surface area contributed by atoms with Crippen LogP contribution in [0, 0.1) is 5.82 Å². The van der Waals surface area contributed by atoms with Crippen molar-refractivity contribution in [2.24, 2.45) is 5.73 Å². The first-order valence-corrected chi connectivity index (χ1v) is 7.72. The Morgan fingerprint density at radius 2 is 2.04 bits per heavy atom. The number of amides is 1. The number of nitrogens with two attached hydrogens (primary N) is 1. The van der Waals surface area contributed by atoms with Crippen molar-refractivity contribution >= 4 is 5.91 Å². The number of benzene rings is 2. The minimum absolute atomic E-state index is 0.135. The molecule has 0 radical (unpaired) electrons. The summed E-state index contributed by atoms with van der Waals surface area (Å²) in [7, 11) is 0. The Hall–Kier alpha value is -2.24. The van der Waals surface area contributed by atoms with E-state index in [9.17, 15) is 9.18 Å². The van der Waals surface area contributed by atoms with Gasteiger partial charge in [0.2, 0.25) is 5.91 Å². The summed E-state index contributed by atoms with van der Waals surface area (Å²) in [6.07, 6.45) is 0. The summed E-state index contributed by atoms with van der Waals surface area (Å²) in [5, 5.41) is 3.37. The molecule has 3 rings (SSSR count). The highest BCUT2D eigenvalue weighted by Gasteiger charge is 2.24. The maximum absolute atomic E-state index is 13.5. The molecule has 1 amide bonds. The van der Waals surface area contributed by atoms with E-state index in [2.05, 4.69) is 10.2 Å². The summed E-state index contributed by atoms with van der Waals surface area (Å²) >= 11 is 0. The van der Waals surface area contributed by atoms with Gasteiger partial charge in [-0.2, -0.15) is 0 Å². The molecule has 3 N–H and O–H groups in total. The SMILES string of the molecule is NC(=O)c1ccc(CN2CCNCC2c2cccc(F)c2)cc1. The number of hydrogen-bond donors (Lipinski definition) is 2. The molecule has 1 atom stereocenters. The molecule has 0 aromatic heterocycles. The molecule has 2 aromatic carbocycles. The van der Waals surface area contributed by atoms with Crippen molar-refractivity contribution in [2.75, 3.05) is 19.6 Å². The van der Waals surface area contributed by atoms with Gasteiger partial charge in [-0.3, -0.25) is 9.69 Å². The Morgan fingerprint density at radius 3 is 2.74 bits per heavy atom. The second kappa shape index (κ2) is 6.89. The zero-order chi connectivity index (χ0) is 16.2. The Labute approximate surface area is 135 Å². The van der Waals surface area contributed by atoms with E-state index in [1.807, 2.05) is 18.2 Å². The quantitative estimate of drug-likeness (QED) is 0.908. The van der Waals surface area contributed by atoms with Gasteiger partial charge in [0.05, 0.1) is 0 Å². The fraction of sp³-hybridized carbons (Fsp3) is 0.278. The van der Waals surface area contributed by atoms with Crippen LogP contribution in [0.25, 0.3) is 0 Å². The van der Waals surface area contributed by atoms with Crippen molar-refractivity contribution in [3.8, 4) is 0 Å². The molecule has 0 saturated carbocycles. The van der Waals surface area contributed by atoms with Crippen LogP contribution in [-0.4, -0.2) is 30.4 Å². The van der Waals surface area contributed by atoms with Crippen LogP contribution in [0.3, 0.4) is 0 Å². The van der Waals surface area contributed by atoms with Gasteiger partial charge in [0.1, 0.15) is 5.82 Å². The molecule has 0 bridgehead atoms. The predicted octanol–water partition coefficient (Wildman–Crippen LogP) is 2.07. The second-order valence-electron chi connectivity index (χ2n) is 5.81. The summed E-state index contributed by atoms with van der Waals surface area (Å²) in [6.45, 7) is 3.34. The lowest BCUT2D eigenvalue weighted by Gasteiger charge is -2.36. The van der Waals surface area contributed by atoms with Crippen molar-refractivity contribution in [3.05, 3.63) is 71.0 Å². The Bertz CT molecular complexity index is 687. The monoisotopic (exact) mass is 313 g/mol. The van der Waals surface area contributed by atoms with Crippen molar-refractivity contribution < 1.29 is 9.18 Å². The number of rotatable bonds is 4. The van der Waals surface area contributed by atoms with E-state index >= 15 is 0 Å². The number of carbonyl (C=O) groups excluding carboxylic acids is 1. The molecule has 1 heterocycles. The highest BCUT2D eigenvalue weighted by Crippen LogP contribution is 2.24. The van der Waals surface area contributed by atoms with Gasteiger partial charge in [-0.05, 0) is 35.4 Å². The third-order valence-corrected chi connectivity index (χ3v) is 4.21. The summed E-state index contributed by atoms with van der Waals surface area (Å²) in [4.78, 5) is 13.5. The van der Waals surface area contributed by atoms with E-state index in [1.165, 1.54) is 6.07 Å². The first-order chi connectivity index (χ1) is 11.1. The first kappa shape index (κ1) is 15.6. The first-order valence-electron chi connectivity index (χ1n) is 7.72. The van der Waals surface area contributed by atoms with E-state index in [0.29, 0.717) is 5.56 Å². The maximum atomic E-state index is 13.5. The molecule has 1 saturated heterocycles. The molecule has 23 heavy (non-hydrogen) atoms. The van der Waals surface area contributed by atoms with E-state index in [1.54, 1.807) is 24.3 Å². The molecule has 1 aliphatic heterocycles. The van der Waals surface area contributed by atoms with Crippen molar-refractivity contribution in [3.63, 3.8) is 0 Å². The van der Waals surface area contributed by atoms with E-state index in [4.69, 9.17) is 5.73 Å². The summed E-state index contributed by atoms with van der Waals surface area (Å²) < 4.78 is 13.5. The van der Waals surface area contributed by atoms with Crippen molar-refractivity contribution in [2.45, 2.75) is 12.6 Å². The summed E-state index contributed by atoms with van der Waals surface area (Å²) in [6, 6.07) is 14.2. The van der Waals surface area contributed by atoms with Crippen LogP contribution in [0.15, 0.2) is 48.5 Å². The number of piperazine rings is 1. The predicted molar refractivity (Wildman–Crippen MR) is 87.4 cm³/mol. The molecular weight excluding hydrogens is 293 g/mol. The molecule has 1 unspecified atom stereocenters. The lowest BCUT2D eigenvalue weighted by Crippen LogP contribution is -2.45. The van der Waals surface area contributed by atoms with Crippen molar-refractivity contribution in [1.29, 1.82) is 0 Å². The molecule has 0 aliphatic carbocycles. The molecular formula is C18H20FN3O. The fourth-order valence-electron chi connectivity index (χ4n) is 2.99. The molecule has 120 valence electrons. The number of nitrogens with zero attached hydrogens (tertiary/aromatic N) is 1. The van der Waals surface area contributed by atoms with Gasteiger partial charge in [0, 0.05) is 37.8 Å². The van der Waals surface area contributed by atoms with Crippen LogP contribution in [-0.2, 0) is 6.54 Å². The van der Waals surface area contributed by atoms with Crippen LogP contribution >= 0.6 is 0 Å². The van der Waals surface area contributed by atoms with Gasteiger partial charge in [0.25, 0.3) is 0 Å². The molecule has 1 aliphatic rings. The minimum atomic E-state index is -0.420. The number of carbonyl (C=O) groups is 1. The van der Waals surface area contributed by atoms with Gasteiger partial charge in [0.15, 0.2) is 0 Å². The van der Waals surface area contributed by atoms with Gasteiger partial charge < -0.3 is 11.1 Å². The van der Waals surface area contributed by atoms with Gasteiger partial charge in [-0.15, -0.1) is 0 Å².